The average Bonchev–Trinajstić information content (AvgIpc) is 2.44. The SMILES string of the molecule is O=c1nc(-c2ccccc2)oc(C(F)(F)C(F)(F)F)c1C(F)(F)F. The van der Waals surface area contributed by atoms with Crippen LogP contribution in [0.2, 0.25) is 0 Å². The van der Waals surface area contributed by atoms with Crippen molar-refractivity contribution in [2.75, 3.05) is 0 Å². The van der Waals surface area contributed by atoms with E-state index in [0.717, 1.165) is 12.1 Å². The normalized spacial score (nSPS) is 13.2. The maximum Gasteiger partial charge on any atom is 0.461 e. The number of hydrogen-bond donors (Lipinski definition) is 0. The number of alkyl halides is 8. The lowest BCUT2D eigenvalue weighted by Crippen LogP contribution is -2.38. The highest BCUT2D eigenvalue weighted by Gasteiger charge is 2.64. The number of nitrogens with zero attached hydrogens (tertiary/aromatic N) is 1. The number of rotatable bonds is 2. The van der Waals surface area contributed by atoms with Crippen molar-refractivity contribution in [2.24, 2.45) is 0 Å². The summed E-state index contributed by atoms with van der Waals surface area (Å²) in [6.07, 6.45) is -12.2. The third-order valence-electron chi connectivity index (χ3n) is 2.79. The van der Waals surface area contributed by atoms with E-state index in [2.05, 4.69) is 9.40 Å². The van der Waals surface area contributed by atoms with E-state index in [1.807, 2.05) is 0 Å². The molecule has 0 unspecified atom stereocenters. The van der Waals surface area contributed by atoms with Crippen LogP contribution < -0.4 is 5.56 Å². The van der Waals surface area contributed by atoms with E-state index in [-0.39, 0.29) is 5.56 Å². The van der Waals surface area contributed by atoms with E-state index < -0.39 is 41.0 Å². The summed E-state index contributed by atoms with van der Waals surface area (Å²) in [5, 5.41) is 0. The fourth-order valence-electron chi connectivity index (χ4n) is 1.72. The first kappa shape index (κ1) is 17.9. The number of hydrogen-bond acceptors (Lipinski definition) is 3. The van der Waals surface area contributed by atoms with Crippen LogP contribution in [-0.2, 0) is 12.1 Å². The predicted molar refractivity (Wildman–Crippen MR) is 63.2 cm³/mol. The van der Waals surface area contributed by atoms with E-state index in [4.69, 9.17) is 0 Å². The van der Waals surface area contributed by atoms with Gasteiger partial charge in [0.25, 0.3) is 5.56 Å². The molecule has 130 valence electrons. The summed E-state index contributed by atoms with van der Waals surface area (Å²) in [6, 6.07) is 6.21. The van der Waals surface area contributed by atoms with Gasteiger partial charge in [0.1, 0.15) is 0 Å². The molecule has 3 nitrogen and oxygen atoms in total. The number of benzene rings is 1. The summed E-state index contributed by atoms with van der Waals surface area (Å²) in [5.41, 5.74) is -5.35. The smallest absolute Gasteiger partial charge is 0.435 e. The maximum atomic E-state index is 13.4. The zero-order valence-electron chi connectivity index (χ0n) is 11.2. The predicted octanol–water partition coefficient (Wildman–Crippen LogP) is 4.37. The van der Waals surface area contributed by atoms with E-state index in [0.29, 0.717) is 0 Å². The number of halogens is 8. The summed E-state index contributed by atoms with van der Waals surface area (Å²) in [4.78, 5) is 14.3. The fraction of sp³-hybridized carbons (Fsp3) is 0.231. The highest BCUT2D eigenvalue weighted by atomic mass is 19.4. The Balaban J connectivity index is 2.84. The Kier molecular flexibility index (Phi) is 4.15. The summed E-state index contributed by atoms with van der Waals surface area (Å²) >= 11 is 0. The molecule has 0 atom stereocenters. The molecule has 0 amide bonds. The van der Waals surface area contributed by atoms with E-state index in [1.54, 1.807) is 0 Å². The molecule has 0 saturated heterocycles. The van der Waals surface area contributed by atoms with Gasteiger partial charge in [0.15, 0.2) is 5.56 Å². The standard InChI is InChI=1S/C13H5F8NO2/c14-11(15,13(19,20)21)8-7(12(16,17)18)9(23)22-10(24-8)6-4-2-1-3-5-6/h1-5H. The third-order valence-corrected chi connectivity index (χ3v) is 2.79. The molecule has 24 heavy (non-hydrogen) atoms. The first-order valence-corrected chi connectivity index (χ1v) is 5.98. The summed E-state index contributed by atoms with van der Waals surface area (Å²) in [7, 11) is 0. The second-order valence-electron chi connectivity index (χ2n) is 4.46. The number of aromatic nitrogens is 1. The van der Waals surface area contributed by atoms with Crippen molar-refractivity contribution in [1.29, 1.82) is 0 Å². The van der Waals surface area contributed by atoms with Crippen LogP contribution >= 0.6 is 0 Å². The minimum absolute atomic E-state index is 0.248. The molecule has 0 aliphatic heterocycles. The Morgan fingerprint density at radius 3 is 1.88 bits per heavy atom. The van der Waals surface area contributed by atoms with Crippen LogP contribution in [0.15, 0.2) is 39.5 Å². The second-order valence-corrected chi connectivity index (χ2v) is 4.46. The van der Waals surface area contributed by atoms with Gasteiger partial charge in [0.2, 0.25) is 11.7 Å². The van der Waals surface area contributed by atoms with Gasteiger partial charge in [0.05, 0.1) is 0 Å². The fourth-order valence-corrected chi connectivity index (χ4v) is 1.72. The van der Waals surface area contributed by atoms with Gasteiger partial charge in [0, 0.05) is 5.56 Å². The molecule has 1 aromatic heterocycles. The quantitative estimate of drug-likeness (QED) is 0.748. The highest BCUT2D eigenvalue weighted by Crippen LogP contribution is 2.47. The van der Waals surface area contributed by atoms with Gasteiger partial charge in [-0.3, -0.25) is 4.79 Å². The van der Waals surface area contributed by atoms with E-state index in [1.165, 1.54) is 18.2 Å². The Morgan fingerprint density at radius 2 is 1.42 bits per heavy atom. The lowest BCUT2D eigenvalue weighted by Gasteiger charge is -2.21. The summed E-state index contributed by atoms with van der Waals surface area (Å²) in [5.74, 6) is -9.97. The van der Waals surface area contributed by atoms with Crippen LogP contribution in [0.1, 0.15) is 11.3 Å². The molecule has 2 rings (SSSR count). The molecule has 0 spiro atoms. The largest absolute Gasteiger partial charge is 0.461 e. The first-order valence-electron chi connectivity index (χ1n) is 5.98. The Morgan fingerprint density at radius 1 is 0.875 bits per heavy atom. The molecule has 0 radical (unpaired) electrons. The Labute approximate surface area is 127 Å². The topological polar surface area (TPSA) is 43.1 Å². The average molecular weight is 359 g/mol. The lowest BCUT2D eigenvalue weighted by atomic mass is 10.1. The molecule has 0 aliphatic carbocycles. The van der Waals surface area contributed by atoms with Crippen molar-refractivity contribution in [3.05, 3.63) is 52.0 Å². The van der Waals surface area contributed by atoms with Crippen LogP contribution in [-0.4, -0.2) is 11.2 Å². The van der Waals surface area contributed by atoms with Gasteiger partial charge in [-0.1, -0.05) is 18.2 Å². The minimum Gasteiger partial charge on any atom is -0.435 e. The maximum absolute atomic E-state index is 13.4. The molecule has 0 fully saturated rings. The van der Waals surface area contributed by atoms with Crippen LogP contribution in [0.4, 0.5) is 35.1 Å². The van der Waals surface area contributed by atoms with Crippen molar-refractivity contribution >= 4 is 0 Å². The lowest BCUT2D eigenvalue weighted by molar-refractivity contribution is -0.298. The van der Waals surface area contributed by atoms with Gasteiger partial charge >= 0.3 is 18.3 Å². The third kappa shape index (κ3) is 3.10. The Hall–Kier alpha value is -2.46. The zero-order chi connectivity index (χ0) is 18.3. The van der Waals surface area contributed by atoms with Crippen LogP contribution in [0.3, 0.4) is 0 Å². The van der Waals surface area contributed by atoms with Crippen molar-refractivity contribution in [3.8, 4) is 11.5 Å². The van der Waals surface area contributed by atoms with E-state index in [9.17, 15) is 39.9 Å². The van der Waals surface area contributed by atoms with Crippen molar-refractivity contribution in [2.45, 2.75) is 18.3 Å². The highest BCUT2D eigenvalue weighted by molar-refractivity contribution is 5.52. The molecule has 1 aromatic carbocycles. The van der Waals surface area contributed by atoms with Crippen molar-refractivity contribution in [3.63, 3.8) is 0 Å². The van der Waals surface area contributed by atoms with Gasteiger partial charge in [-0.15, -0.1) is 0 Å². The van der Waals surface area contributed by atoms with Crippen LogP contribution in [0, 0.1) is 0 Å². The van der Waals surface area contributed by atoms with Crippen molar-refractivity contribution in [1.82, 2.24) is 4.98 Å². The van der Waals surface area contributed by atoms with Gasteiger partial charge in [-0.25, -0.2) is 0 Å². The molecule has 1 heterocycles. The molecule has 0 N–H and O–H groups in total. The zero-order valence-corrected chi connectivity index (χ0v) is 11.2. The van der Waals surface area contributed by atoms with Crippen LogP contribution in [0.5, 0.6) is 0 Å². The molecule has 0 saturated carbocycles. The van der Waals surface area contributed by atoms with Crippen molar-refractivity contribution < 1.29 is 39.5 Å². The molecule has 2 aromatic rings. The van der Waals surface area contributed by atoms with Gasteiger partial charge in [-0.05, 0) is 12.1 Å². The summed E-state index contributed by atoms with van der Waals surface area (Å²) < 4.78 is 107. The molecule has 0 bridgehead atoms. The molecular formula is C13H5F8NO2. The second kappa shape index (κ2) is 5.56. The first-order chi connectivity index (χ1) is 10.9. The van der Waals surface area contributed by atoms with Gasteiger partial charge < -0.3 is 4.42 Å². The summed E-state index contributed by atoms with van der Waals surface area (Å²) in [6.45, 7) is 0. The Bertz CT molecular complexity index is 792. The van der Waals surface area contributed by atoms with E-state index >= 15 is 0 Å². The molecular weight excluding hydrogens is 354 g/mol. The molecule has 0 aliphatic rings. The monoisotopic (exact) mass is 359 g/mol. The minimum atomic E-state index is -6.40. The molecule has 11 heteroatoms. The van der Waals surface area contributed by atoms with Gasteiger partial charge in [-0.2, -0.15) is 40.1 Å². The van der Waals surface area contributed by atoms with Crippen LogP contribution in [0.25, 0.3) is 11.5 Å².